The number of hydrogen-bond acceptors (Lipinski definition) is 2. The number of amides is 1. The van der Waals surface area contributed by atoms with Crippen LogP contribution in [0, 0.1) is 12.3 Å². The van der Waals surface area contributed by atoms with Gasteiger partial charge in [0.1, 0.15) is 5.75 Å². The summed E-state index contributed by atoms with van der Waals surface area (Å²) >= 11 is 0. The van der Waals surface area contributed by atoms with Gasteiger partial charge in [-0.05, 0) is 12.5 Å². The molecule has 0 aromatic heterocycles. The van der Waals surface area contributed by atoms with Crippen LogP contribution in [0.15, 0.2) is 24.3 Å². The molecule has 0 bridgehead atoms. The lowest BCUT2D eigenvalue weighted by molar-refractivity contribution is -0.121. The Labute approximate surface area is 102 Å². The van der Waals surface area contributed by atoms with E-state index >= 15 is 0 Å². The van der Waals surface area contributed by atoms with E-state index in [-0.39, 0.29) is 24.1 Å². The smallest absolute Gasteiger partial charge is 0.224 e. The Morgan fingerprint density at radius 3 is 2.82 bits per heavy atom. The van der Waals surface area contributed by atoms with E-state index in [1.54, 1.807) is 24.3 Å². The molecule has 1 amide bonds. The summed E-state index contributed by atoms with van der Waals surface area (Å²) in [5, 5.41) is 12.4. The van der Waals surface area contributed by atoms with Gasteiger partial charge in [0.25, 0.3) is 0 Å². The minimum absolute atomic E-state index is 0.0124. The largest absolute Gasteiger partial charge is 0.508 e. The average Bonchev–Trinajstić information content (AvgIpc) is 2.31. The normalized spacial score (nSPS) is 11.5. The standard InChI is InChI=1S/C14H17NO2/c1-3-7-12(4-2)15-14(17)10-11-8-5-6-9-13(11)16/h1,5-6,8-9,12,16H,4,7,10H2,2H3,(H,15,17). The molecular weight excluding hydrogens is 214 g/mol. The Morgan fingerprint density at radius 1 is 1.53 bits per heavy atom. The summed E-state index contributed by atoms with van der Waals surface area (Å²) in [7, 11) is 0. The Morgan fingerprint density at radius 2 is 2.24 bits per heavy atom. The zero-order chi connectivity index (χ0) is 12.7. The number of para-hydroxylation sites is 1. The van der Waals surface area contributed by atoms with Crippen molar-refractivity contribution in [2.24, 2.45) is 0 Å². The maximum atomic E-state index is 11.7. The molecule has 0 fully saturated rings. The van der Waals surface area contributed by atoms with Gasteiger partial charge in [0, 0.05) is 18.0 Å². The molecule has 1 rings (SSSR count). The maximum absolute atomic E-state index is 11.7. The van der Waals surface area contributed by atoms with Gasteiger partial charge >= 0.3 is 0 Å². The zero-order valence-electron chi connectivity index (χ0n) is 9.94. The molecule has 1 unspecified atom stereocenters. The molecule has 0 aliphatic rings. The third-order valence-electron chi connectivity index (χ3n) is 2.56. The monoisotopic (exact) mass is 231 g/mol. The highest BCUT2D eigenvalue weighted by Gasteiger charge is 2.11. The quantitative estimate of drug-likeness (QED) is 0.760. The second-order valence-electron chi connectivity index (χ2n) is 3.89. The van der Waals surface area contributed by atoms with Crippen LogP contribution < -0.4 is 5.32 Å². The minimum Gasteiger partial charge on any atom is -0.508 e. The van der Waals surface area contributed by atoms with Crippen LogP contribution in [0.4, 0.5) is 0 Å². The van der Waals surface area contributed by atoms with Crippen molar-refractivity contribution in [2.75, 3.05) is 0 Å². The lowest BCUT2D eigenvalue weighted by atomic mass is 10.1. The predicted octanol–water partition coefficient (Wildman–Crippen LogP) is 1.85. The molecule has 1 aromatic carbocycles. The van der Waals surface area contributed by atoms with E-state index < -0.39 is 0 Å². The summed E-state index contributed by atoms with van der Waals surface area (Å²) in [5.74, 6) is 2.56. The van der Waals surface area contributed by atoms with Crippen LogP contribution >= 0.6 is 0 Å². The second kappa shape index (κ2) is 6.59. The molecule has 0 heterocycles. The van der Waals surface area contributed by atoms with Crippen molar-refractivity contribution in [1.29, 1.82) is 0 Å². The van der Waals surface area contributed by atoms with Crippen LogP contribution in [-0.2, 0) is 11.2 Å². The third-order valence-corrected chi connectivity index (χ3v) is 2.56. The third kappa shape index (κ3) is 4.20. The van der Waals surface area contributed by atoms with Crippen LogP contribution in [0.3, 0.4) is 0 Å². The highest BCUT2D eigenvalue weighted by molar-refractivity contribution is 5.79. The van der Waals surface area contributed by atoms with Gasteiger partial charge in [-0.2, -0.15) is 0 Å². The van der Waals surface area contributed by atoms with Crippen molar-refractivity contribution >= 4 is 5.91 Å². The van der Waals surface area contributed by atoms with Gasteiger partial charge in [-0.3, -0.25) is 4.79 Å². The number of nitrogens with one attached hydrogen (secondary N) is 1. The Bertz CT molecular complexity index is 420. The number of rotatable bonds is 5. The van der Waals surface area contributed by atoms with Gasteiger partial charge in [0.15, 0.2) is 0 Å². The highest BCUT2D eigenvalue weighted by Crippen LogP contribution is 2.15. The fraction of sp³-hybridized carbons (Fsp3) is 0.357. The zero-order valence-corrected chi connectivity index (χ0v) is 9.94. The number of carbonyl (C=O) groups is 1. The Balaban J connectivity index is 2.56. The van der Waals surface area contributed by atoms with Crippen molar-refractivity contribution in [1.82, 2.24) is 5.32 Å². The number of phenols is 1. The first-order valence-electron chi connectivity index (χ1n) is 5.67. The summed E-state index contributed by atoms with van der Waals surface area (Å²) in [6.07, 6.45) is 6.72. The average molecular weight is 231 g/mol. The number of terminal acetylenes is 1. The van der Waals surface area contributed by atoms with E-state index in [1.807, 2.05) is 6.92 Å². The topological polar surface area (TPSA) is 49.3 Å². The molecule has 0 saturated carbocycles. The molecule has 0 radical (unpaired) electrons. The summed E-state index contributed by atoms with van der Waals surface area (Å²) < 4.78 is 0. The predicted molar refractivity (Wildman–Crippen MR) is 67.5 cm³/mol. The van der Waals surface area contributed by atoms with Crippen molar-refractivity contribution < 1.29 is 9.90 Å². The van der Waals surface area contributed by atoms with Crippen molar-refractivity contribution in [3.05, 3.63) is 29.8 Å². The van der Waals surface area contributed by atoms with Gasteiger partial charge in [-0.25, -0.2) is 0 Å². The molecule has 2 N–H and O–H groups in total. The fourth-order valence-corrected chi connectivity index (χ4v) is 1.55. The van der Waals surface area contributed by atoms with Gasteiger partial charge in [-0.1, -0.05) is 25.1 Å². The van der Waals surface area contributed by atoms with Gasteiger partial charge in [0.2, 0.25) is 5.91 Å². The van der Waals surface area contributed by atoms with E-state index in [0.717, 1.165) is 6.42 Å². The highest BCUT2D eigenvalue weighted by atomic mass is 16.3. The lowest BCUT2D eigenvalue weighted by Gasteiger charge is -2.14. The number of phenolic OH excluding ortho intramolecular Hbond substituents is 1. The van der Waals surface area contributed by atoms with Crippen LogP contribution in [0.5, 0.6) is 5.75 Å². The SMILES string of the molecule is C#CCC(CC)NC(=O)Cc1ccccc1O. The van der Waals surface area contributed by atoms with E-state index in [1.165, 1.54) is 0 Å². The van der Waals surface area contributed by atoms with Crippen LogP contribution in [0.2, 0.25) is 0 Å². The number of hydrogen-bond donors (Lipinski definition) is 2. The van der Waals surface area contributed by atoms with E-state index in [9.17, 15) is 9.90 Å². The maximum Gasteiger partial charge on any atom is 0.224 e. The molecule has 0 aliphatic carbocycles. The van der Waals surface area contributed by atoms with E-state index in [2.05, 4.69) is 11.2 Å². The van der Waals surface area contributed by atoms with Crippen molar-refractivity contribution in [3.8, 4) is 18.1 Å². The minimum atomic E-state index is -0.117. The first-order valence-corrected chi connectivity index (χ1v) is 5.67. The number of aromatic hydroxyl groups is 1. The number of carbonyl (C=O) groups excluding carboxylic acids is 1. The lowest BCUT2D eigenvalue weighted by Crippen LogP contribution is -2.35. The van der Waals surface area contributed by atoms with Gasteiger partial charge in [-0.15, -0.1) is 12.3 Å². The van der Waals surface area contributed by atoms with Gasteiger partial charge < -0.3 is 10.4 Å². The summed E-state index contributed by atoms with van der Waals surface area (Å²) in [6, 6.07) is 6.84. The molecule has 90 valence electrons. The molecular formula is C14H17NO2. The molecule has 0 aliphatic heterocycles. The van der Waals surface area contributed by atoms with Crippen LogP contribution in [-0.4, -0.2) is 17.1 Å². The van der Waals surface area contributed by atoms with Crippen LogP contribution in [0.25, 0.3) is 0 Å². The summed E-state index contributed by atoms with van der Waals surface area (Å²) in [6.45, 7) is 1.97. The molecule has 1 atom stereocenters. The number of benzene rings is 1. The Kier molecular flexibility index (Phi) is 5.09. The summed E-state index contributed by atoms with van der Waals surface area (Å²) in [4.78, 5) is 11.7. The first-order chi connectivity index (χ1) is 8.17. The van der Waals surface area contributed by atoms with Crippen LogP contribution in [0.1, 0.15) is 25.3 Å². The molecule has 17 heavy (non-hydrogen) atoms. The van der Waals surface area contributed by atoms with E-state index in [4.69, 9.17) is 6.42 Å². The Hall–Kier alpha value is -1.95. The molecule has 0 spiro atoms. The second-order valence-corrected chi connectivity index (χ2v) is 3.89. The van der Waals surface area contributed by atoms with E-state index in [0.29, 0.717) is 12.0 Å². The fourth-order valence-electron chi connectivity index (χ4n) is 1.55. The summed E-state index contributed by atoms with van der Waals surface area (Å²) in [5.41, 5.74) is 0.626. The molecule has 1 aromatic rings. The molecule has 3 nitrogen and oxygen atoms in total. The van der Waals surface area contributed by atoms with Gasteiger partial charge in [0.05, 0.1) is 6.42 Å². The molecule has 3 heteroatoms. The van der Waals surface area contributed by atoms with Crippen molar-refractivity contribution in [2.45, 2.75) is 32.2 Å². The molecule has 0 saturated heterocycles. The van der Waals surface area contributed by atoms with Crippen molar-refractivity contribution in [3.63, 3.8) is 0 Å². The first kappa shape index (κ1) is 13.1.